The van der Waals surface area contributed by atoms with Gasteiger partial charge in [0.15, 0.2) is 0 Å². The number of hydrogen-bond donors (Lipinski definition) is 3. The van der Waals surface area contributed by atoms with Gasteiger partial charge in [0.25, 0.3) is 11.2 Å². The molecule has 9 nitrogen and oxygen atoms in total. The summed E-state index contributed by atoms with van der Waals surface area (Å²) in [4.78, 5) is 35.6. The van der Waals surface area contributed by atoms with Crippen LogP contribution in [0.4, 0.5) is 5.69 Å². The maximum Gasteiger partial charge on any atom is 0.312 e. The summed E-state index contributed by atoms with van der Waals surface area (Å²) < 4.78 is 5.12. The number of ether oxygens (including phenoxy) is 1. The molecule has 9 heteroatoms. The van der Waals surface area contributed by atoms with Gasteiger partial charge in [-0.25, -0.2) is 0 Å². The lowest BCUT2D eigenvalue weighted by atomic mass is 9.66. The Morgan fingerprint density at radius 1 is 1.46 bits per heavy atom. The number of aromatic nitrogens is 2. The standard InChI is InChI=1S/C17H19N3O6/c1-3-26-16(22)14-12(9-5-4-6-10(7-9)20(24)25)13-11(8-17(14,2)23)18-19-15(13)21/h4-7,12,14,23H,3,8H2,1-2H3,(H2,18,19,21)/t12-,14-,17-/m0/s1. The zero-order chi connectivity index (χ0) is 19.1. The zero-order valence-electron chi connectivity index (χ0n) is 14.3. The average molecular weight is 361 g/mol. The van der Waals surface area contributed by atoms with Gasteiger partial charge in [-0.2, -0.15) is 0 Å². The molecule has 1 aromatic carbocycles. The largest absolute Gasteiger partial charge is 0.466 e. The predicted octanol–water partition coefficient (Wildman–Crippen LogP) is 1.23. The minimum atomic E-state index is -1.50. The van der Waals surface area contributed by atoms with Crippen LogP contribution >= 0.6 is 0 Å². The fourth-order valence-electron chi connectivity index (χ4n) is 3.68. The molecule has 0 radical (unpaired) electrons. The van der Waals surface area contributed by atoms with Gasteiger partial charge in [0.1, 0.15) is 0 Å². The number of hydrogen-bond acceptors (Lipinski definition) is 6. The van der Waals surface area contributed by atoms with E-state index in [4.69, 9.17) is 4.74 Å². The van der Waals surface area contributed by atoms with E-state index in [9.17, 15) is 24.8 Å². The first-order valence-corrected chi connectivity index (χ1v) is 8.19. The Kier molecular flexibility index (Phi) is 4.41. The highest BCUT2D eigenvalue weighted by Crippen LogP contribution is 2.44. The van der Waals surface area contributed by atoms with Gasteiger partial charge in [-0.05, 0) is 19.4 Å². The van der Waals surface area contributed by atoms with E-state index < -0.39 is 33.9 Å². The normalized spacial score (nSPS) is 24.7. The highest BCUT2D eigenvalue weighted by atomic mass is 16.6. The number of nitrogens with zero attached hydrogens (tertiary/aromatic N) is 1. The molecule has 0 spiro atoms. The number of rotatable bonds is 4. The Bertz CT molecular complexity index is 913. The summed E-state index contributed by atoms with van der Waals surface area (Å²) in [5.41, 5.74) is -0.944. The van der Waals surface area contributed by atoms with Crippen LogP contribution < -0.4 is 5.56 Å². The topological polar surface area (TPSA) is 138 Å². The summed E-state index contributed by atoms with van der Waals surface area (Å²) in [5, 5.41) is 27.3. The first-order chi connectivity index (χ1) is 12.3. The number of esters is 1. The van der Waals surface area contributed by atoms with Crippen LogP contribution in [0.2, 0.25) is 0 Å². The van der Waals surface area contributed by atoms with E-state index in [2.05, 4.69) is 10.2 Å². The van der Waals surface area contributed by atoms with Crippen molar-refractivity contribution in [3.63, 3.8) is 0 Å². The van der Waals surface area contributed by atoms with E-state index in [0.717, 1.165) is 0 Å². The highest BCUT2D eigenvalue weighted by molar-refractivity contribution is 5.77. The molecule has 1 aliphatic carbocycles. The smallest absolute Gasteiger partial charge is 0.312 e. The summed E-state index contributed by atoms with van der Waals surface area (Å²) >= 11 is 0. The van der Waals surface area contributed by atoms with Crippen LogP contribution in [0.15, 0.2) is 29.1 Å². The van der Waals surface area contributed by atoms with Crippen molar-refractivity contribution in [1.29, 1.82) is 0 Å². The van der Waals surface area contributed by atoms with Crippen LogP contribution in [-0.4, -0.2) is 38.4 Å². The molecule has 138 valence electrons. The minimum Gasteiger partial charge on any atom is -0.466 e. The quantitative estimate of drug-likeness (QED) is 0.425. The van der Waals surface area contributed by atoms with E-state index in [1.165, 1.54) is 25.1 Å². The number of aliphatic hydroxyl groups is 1. The van der Waals surface area contributed by atoms with Gasteiger partial charge < -0.3 is 14.9 Å². The maximum atomic E-state index is 12.6. The lowest BCUT2D eigenvalue weighted by Crippen LogP contribution is -2.50. The molecule has 0 bridgehead atoms. The number of carbonyl (C=O) groups excluding carboxylic acids is 1. The molecule has 0 aliphatic heterocycles. The van der Waals surface area contributed by atoms with Crippen molar-refractivity contribution in [2.45, 2.75) is 31.8 Å². The molecule has 1 aliphatic rings. The van der Waals surface area contributed by atoms with E-state index in [1.807, 2.05) is 0 Å². The zero-order valence-corrected chi connectivity index (χ0v) is 14.3. The fourth-order valence-corrected chi connectivity index (χ4v) is 3.68. The van der Waals surface area contributed by atoms with Crippen molar-refractivity contribution in [1.82, 2.24) is 10.2 Å². The van der Waals surface area contributed by atoms with Crippen molar-refractivity contribution in [2.24, 2.45) is 5.92 Å². The van der Waals surface area contributed by atoms with Crippen LogP contribution in [0.5, 0.6) is 0 Å². The van der Waals surface area contributed by atoms with Crippen molar-refractivity contribution < 1.29 is 19.6 Å². The van der Waals surface area contributed by atoms with Gasteiger partial charge in [-0.1, -0.05) is 12.1 Å². The number of H-pyrrole nitrogens is 2. The number of aromatic amines is 2. The van der Waals surface area contributed by atoms with Crippen molar-refractivity contribution >= 4 is 11.7 Å². The minimum absolute atomic E-state index is 0.0516. The third-order valence-corrected chi connectivity index (χ3v) is 4.73. The second-order valence-electron chi connectivity index (χ2n) is 6.56. The summed E-state index contributed by atoms with van der Waals surface area (Å²) in [5.74, 6) is -2.60. The fraction of sp³-hybridized carbons (Fsp3) is 0.412. The third kappa shape index (κ3) is 2.90. The summed E-state index contributed by atoms with van der Waals surface area (Å²) in [6.07, 6.45) is 0.0516. The monoisotopic (exact) mass is 361 g/mol. The summed E-state index contributed by atoms with van der Waals surface area (Å²) in [7, 11) is 0. The summed E-state index contributed by atoms with van der Waals surface area (Å²) in [6.45, 7) is 3.25. The van der Waals surface area contributed by atoms with E-state index in [-0.39, 0.29) is 24.3 Å². The predicted molar refractivity (Wildman–Crippen MR) is 90.8 cm³/mol. The Labute approximate surface area is 148 Å². The molecule has 1 heterocycles. The second kappa shape index (κ2) is 6.41. The molecule has 0 saturated carbocycles. The van der Waals surface area contributed by atoms with Crippen molar-refractivity contribution in [3.8, 4) is 0 Å². The first kappa shape index (κ1) is 17.9. The van der Waals surface area contributed by atoms with Gasteiger partial charge in [-0.3, -0.25) is 24.8 Å². The van der Waals surface area contributed by atoms with Crippen LogP contribution in [0, 0.1) is 16.0 Å². The number of nitro groups is 1. The Morgan fingerprint density at radius 2 is 2.19 bits per heavy atom. The summed E-state index contributed by atoms with van der Waals surface area (Å²) in [6, 6.07) is 5.72. The van der Waals surface area contributed by atoms with Gasteiger partial charge in [0.05, 0.1) is 23.0 Å². The molecule has 3 atom stereocenters. The molecule has 2 aromatic rings. The molecule has 0 unspecified atom stereocenters. The molecule has 3 N–H and O–H groups in total. The van der Waals surface area contributed by atoms with Crippen LogP contribution in [0.1, 0.15) is 36.6 Å². The molecule has 26 heavy (non-hydrogen) atoms. The molecule has 0 fully saturated rings. The molecule has 0 saturated heterocycles. The highest BCUT2D eigenvalue weighted by Gasteiger charge is 2.51. The van der Waals surface area contributed by atoms with Crippen LogP contribution in [0.3, 0.4) is 0 Å². The molecular weight excluding hydrogens is 342 g/mol. The van der Waals surface area contributed by atoms with E-state index in [0.29, 0.717) is 11.3 Å². The number of nitrogens with one attached hydrogen (secondary N) is 2. The lowest BCUT2D eigenvalue weighted by Gasteiger charge is -2.40. The Morgan fingerprint density at radius 3 is 2.85 bits per heavy atom. The third-order valence-electron chi connectivity index (χ3n) is 4.73. The molecular formula is C17H19N3O6. The van der Waals surface area contributed by atoms with Crippen molar-refractivity contribution in [2.75, 3.05) is 6.61 Å². The number of nitro benzene ring substituents is 1. The number of carbonyl (C=O) groups is 1. The molecule has 0 amide bonds. The Balaban J connectivity index is 2.23. The molecule has 1 aromatic heterocycles. The Hall–Kier alpha value is -2.94. The number of non-ortho nitro benzene ring substituents is 1. The van der Waals surface area contributed by atoms with Crippen LogP contribution in [-0.2, 0) is 16.0 Å². The second-order valence-corrected chi connectivity index (χ2v) is 6.56. The van der Waals surface area contributed by atoms with Gasteiger partial charge in [0, 0.05) is 35.7 Å². The van der Waals surface area contributed by atoms with Gasteiger partial charge in [0.2, 0.25) is 0 Å². The van der Waals surface area contributed by atoms with Gasteiger partial charge >= 0.3 is 5.97 Å². The van der Waals surface area contributed by atoms with Crippen molar-refractivity contribution in [3.05, 3.63) is 61.6 Å². The van der Waals surface area contributed by atoms with Crippen LogP contribution in [0.25, 0.3) is 0 Å². The number of benzene rings is 1. The van der Waals surface area contributed by atoms with Gasteiger partial charge in [-0.15, -0.1) is 0 Å². The lowest BCUT2D eigenvalue weighted by molar-refractivity contribution is -0.384. The molecule has 3 rings (SSSR count). The average Bonchev–Trinajstić information content (AvgIpc) is 2.93. The maximum absolute atomic E-state index is 12.6. The first-order valence-electron chi connectivity index (χ1n) is 8.19. The number of fused-ring (bicyclic) bond motifs is 1. The van der Waals surface area contributed by atoms with E-state index >= 15 is 0 Å². The SMILES string of the molecule is CCOC(=O)[C@@H]1[C@@H](c2cccc([N+](=O)[O-])c2)c2c([nH][nH]c2=O)C[C@]1(C)O. The van der Waals surface area contributed by atoms with E-state index in [1.54, 1.807) is 13.0 Å².